The summed E-state index contributed by atoms with van der Waals surface area (Å²) in [4.78, 5) is 22.5. The molecule has 0 aliphatic heterocycles. The molecule has 1 rings (SSSR count). The van der Waals surface area contributed by atoms with Gasteiger partial charge in [0.15, 0.2) is 0 Å². The number of carboxylic acid groups (broad SMARTS) is 1. The summed E-state index contributed by atoms with van der Waals surface area (Å²) < 4.78 is 1.23. The quantitative estimate of drug-likeness (QED) is 0.680. The van der Waals surface area contributed by atoms with Crippen molar-refractivity contribution >= 4 is 11.9 Å². The molecule has 94 valence electrons. The fraction of sp³-hybridized carbons (Fsp3) is 0.667. The van der Waals surface area contributed by atoms with Crippen LogP contribution in [0.15, 0.2) is 6.33 Å². The lowest BCUT2D eigenvalue weighted by Crippen LogP contribution is -2.46. The number of tetrazole rings is 1. The first-order valence-corrected chi connectivity index (χ1v) is 5.27. The van der Waals surface area contributed by atoms with Crippen molar-refractivity contribution in [1.29, 1.82) is 0 Å². The smallest absolute Gasteiger partial charge is 0.326 e. The third-order valence-electron chi connectivity index (χ3n) is 2.49. The van der Waals surface area contributed by atoms with Crippen LogP contribution in [-0.4, -0.2) is 43.2 Å². The van der Waals surface area contributed by atoms with E-state index >= 15 is 0 Å². The number of carbonyl (C=O) groups excluding carboxylic acids is 1. The van der Waals surface area contributed by atoms with Crippen LogP contribution in [0, 0.1) is 5.92 Å². The maximum Gasteiger partial charge on any atom is 0.326 e. The molecule has 0 saturated heterocycles. The maximum absolute atomic E-state index is 11.6. The number of amides is 1. The molecular weight excluding hydrogens is 226 g/mol. The van der Waals surface area contributed by atoms with Crippen LogP contribution in [0.25, 0.3) is 0 Å². The Hall–Kier alpha value is -1.99. The minimum absolute atomic E-state index is 0.0901. The van der Waals surface area contributed by atoms with E-state index in [9.17, 15) is 9.59 Å². The molecule has 0 bridgehead atoms. The number of nitrogens with zero attached hydrogens (tertiary/aromatic N) is 4. The highest BCUT2D eigenvalue weighted by Gasteiger charge is 2.25. The SMILES string of the molecule is CCC(C)C(NC(=O)Cn1cnnn1)C(=O)O. The Morgan fingerprint density at radius 1 is 1.53 bits per heavy atom. The van der Waals surface area contributed by atoms with Crippen molar-refractivity contribution in [2.45, 2.75) is 32.9 Å². The second kappa shape index (κ2) is 5.92. The zero-order valence-electron chi connectivity index (χ0n) is 9.70. The van der Waals surface area contributed by atoms with Gasteiger partial charge in [0.1, 0.15) is 18.9 Å². The molecule has 1 aromatic rings. The van der Waals surface area contributed by atoms with Crippen LogP contribution in [0.3, 0.4) is 0 Å². The minimum Gasteiger partial charge on any atom is -0.480 e. The van der Waals surface area contributed by atoms with E-state index in [1.54, 1.807) is 6.92 Å². The molecule has 0 radical (unpaired) electrons. The largest absolute Gasteiger partial charge is 0.480 e. The van der Waals surface area contributed by atoms with Gasteiger partial charge >= 0.3 is 5.97 Å². The van der Waals surface area contributed by atoms with E-state index in [-0.39, 0.29) is 12.5 Å². The molecular formula is C9H15N5O3. The molecule has 0 fully saturated rings. The molecule has 0 aromatic carbocycles. The van der Waals surface area contributed by atoms with Crippen LogP contribution >= 0.6 is 0 Å². The first-order valence-electron chi connectivity index (χ1n) is 5.27. The molecule has 2 atom stereocenters. The second-order valence-electron chi connectivity index (χ2n) is 3.78. The van der Waals surface area contributed by atoms with E-state index in [0.717, 1.165) is 0 Å². The Morgan fingerprint density at radius 2 is 2.24 bits per heavy atom. The highest BCUT2D eigenvalue weighted by Crippen LogP contribution is 2.07. The van der Waals surface area contributed by atoms with Crippen molar-refractivity contribution in [3.05, 3.63) is 6.33 Å². The third-order valence-corrected chi connectivity index (χ3v) is 2.49. The average molecular weight is 241 g/mol. The summed E-state index contributed by atoms with van der Waals surface area (Å²) in [6.45, 7) is 3.55. The molecule has 8 heteroatoms. The Kier molecular flexibility index (Phi) is 4.56. The van der Waals surface area contributed by atoms with Crippen molar-refractivity contribution in [2.75, 3.05) is 0 Å². The Labute approximate surface area is 98.0 Å². The zero-order chi connectivity index (χ0) is 12.8. The molecule has 1 amide bonds. The highest BCUT2D eigenvalue weighted by atomic mass is 16.4. The van der Waals surface area contributed by atoms with Crippen LogP contribution in [0.2, 0.25) is 0 Å². The van der Waals surface area contributed by atoms with Gasteiger partial charge < -0.3 is 10.4 Å². The predicted octanol–water partition coefficient (Wildman–Crippen LogP) is -0.711. The van der Waals surface area contributed by atoms with Gasteiger partial charge in [-0.1, -0.05) is 20.3 Å². The zero-order valence-corrected chi connectivity index (χ0v) is 9.70. The number of carbonyl (C=O) groups is 2. The number of hydrogen-bond donors (Lipinski definition) is 2. The third kappa shape index (κ3) is 3.82. The van der Waals surface area contributed by atoms with Gasteiger partial charge in [0, 0.05) is 0 Å². The van der Waals surface area contributed by atoms with E-state index < -0.39 is 17.9 Å². The van der Waals surface area contributed by atoms with Crippen molar-refractivity contribution in [2.24, 2.45) is 5.92 Å². The Bertz CT molecular complexity index is 378. The molecule has 17 heavy (non-hydrogen) atoms. The van der Waals surface area contributed by atoms with Gasteiger partial charge in [-0.05, 0) is 16.3 Å². The van der Waals surface area contributed by atoms with Gasteiger partial charge in [0.2, 0.25) is 5.91 Å². The van der Waals surface area contributed by atoms with Gasteiger partial charge in [-0.2, -0.15) is 0 Å². The predicted molar refractivity (Wildman–Crippen MR) is 56.8 cm³/mol. The lowest BCUT2D eigenvalue weighted by Gasteiger charge is -2.19. The summed E-state index contributed by atoms with van der Waals surface area (Å²) in [7, 11) is 0. The maximum atomic E-state index is 11.6. The summed E-state index contributed by atoms with van der Waals surface area (Å²) in [5, 5.41) is 21.7. The lowest BCUT2D eigenvalue weighted by atomic mass is 9.99. The van der Waals surface area contributed by atoms with Crippen LogP contribution in [0.4, 0.5) is 0 Å². The summed E-state index contributed by atoms with van der Waals surface area (Å²) >= 11 is 0. The Morgan fingerprint density at radius 3 is 2.71 bits per heavy atom. The number of aliphatic carboxylic acids is 1. The van der Waals surface area contributed by atoms with E-state index in [2.05, 4.69) is 20.8 Å². The molecule has 0 aliphatic rings. The van der Waals surface area contributed by atoms with Gasteiger partial charge in [-0.15, -0.1) is 5.10 Å². The normalized spacial score (nSPS) is 14.0. The fourth-order valence-electron chi connectivity index (χ4n) is 1.30. The molecule has 1 aromatic heterocycles. The molecule has 1 heterocycles. The summed E-state index contributed by atoms with van der Waals surface area (Å²) in [6.07, 6.45) is 1.96. The summed E-state index contributed by atoms with van der Waals surface area (Å²) in [5.41, 5.74) is 0. The summed E-state index contributed by atoms with van der Waals surface area (Å²) in [5.74, 6) is -1.60. The van der Waals surface area contributed by atoms with Gasteiger partial charge in [0.25, 0.3) is 0 Å². The first kappa shape index (κ1) is 13.1. The van der Waals surface area contributed by atoms with Crippen molar-refractivity contribution in [1.82, 2.24) is 25.5 Å². The highest BCUT2D eigenvalue weighted by molar-refractivity contribution is 5.83. The van der Waals surface area contributed by atoms with Crippen molar-refractivity contribution in [3.63, 3.8) is 0 Å². The molecule has 8 nitrogen and oxygen atoms in total. The topological polar surface area (TPSA) is 110 Å². The van der Waals surface area contributed by atoms with E-state index in [4.69, 9.17) is 5.11 Å². The van der Waals surface area contributed by atoms with E-state index in [0.29, 0.717) is 6.42 Å². The fourth-order valence-corrected chi connectivity index (χ4v) is 1.30. The number of nitrogens with one attached hydrogen (secondary N) is 1. The van der Waals surface area contributed by atoms with Crippen LogP contribution in [0.1, 0.15) is 20.3 Å². The van der Waals surface area contributed by atoms with E-state index in [1.807, 2.05) is 6.92 Å². The monoisotopic (exact) mass is 241 g/mol. The molecule has 0 aliphatic carbocycles. The number of carboxylic acids is 1. The van der Waals surface area contributed by atoms with Crippen LogP contribution < -0.4 is 5.32 Å². The van der Waals surface area contributed by atoms with Crippen molar-refractivity contribution < 1.29 is 14.7 Å². The summed E-state index contributed by atoms with van der Waals surface area (Å²) in [6, 6.07) is -0.885. The molecule has 0 saturated carbocycles. The number of aromatic nitrogens is 4. The second-order valence-corrected chi connectivity index (χ2v) is 3.78. The van der Waals surface area contributed by atoms with E-state index in [1.165, 1.54) is 11.0 Å². The Balaban J connectivity index is 2.55. The number of hydrogen-bond acceptors (Lipinski definition) is 5. The minimum atomic E-state index is -1.04. The van der Waals surface area contributed by atoms with Gasteiger partial charge in [-0.3, -0.25) is 4.79 Å². The molecule has 0 spiro atoms. The molecule has 2 N–H and O–H groups in total. The van der Waals surface area contributed by atoms with Crippen molar-refractivity contribution in [3.8, 4) is 0 Å². The van der Waals surface area contributed by atoms with Crippen LogP contribution in [0.5, 0.6) is 0 Å². The standard InChI is InChI=1S/C9H15N5O3/c1-3-6(2)8(9(16)17)11-7(15)4-14-5-10-12-13-14/h5-6,8H,3-4H2,1-2H3,(H,11,15)(H,16,17). The molecule has 2 unspecified atom stereocenters. The lowest BCUT2D eigenvalue weighted by molar-refractivity contribution is -0.143. The van der Waals surface area contributed by atoms with Crippen LogP contribution in [-0.2, 0) is 16.1 Å². The van der Waals surface area contributed by atoms with Gasteiger partial charge in [-0.25, -0.2) is 9.48 Å². The number of rotatable bonds is 6. The van der Waals surface area contributed by atoms with Gasteiger partial charge in [0.05, 0.1) is 0 Å². The average Bonchev–Trinajstić information content (AvgIpc) is 2.77. The first-order chi connectivity index (χ1) is 8.04.